The Labute approximate surface area is 171 Å². The molecule has 0 aliphatic heterocycles. The monoisotopic (exact) mass is 397 g/mol. The van der Waals surface area contributed by atoms with E-state index in [1.54, 1.807) is 12.1 Å². The number of aryl methyl sites for hydroxylation is 1. The summed E-state index contributed by atoms with van der Waals surface area (Å²) in [4.78, 5) is 9.17. The molecule has 0 spiro atoms. The third-order valence-corrected chi connectivity index (χ3v) is 4.62. The van der Waals surface area contributed by atoms with E-state index in [0.717, 1.165) is 22.0 Å². The molecule has 7 heteroatoms. The van der Waals surface area contributed by atoms with Crippen molar-refractivity contribution >= 4 is 22.4 Å². The van der Waals surface area contributed by atoms with Gasteiger partial charge < -0.3 is 9.73 Å². The lowest BCUT2D eigenvalue weighted by atomic mass is 10.1. The summed E-state index contributed by atoms with van der Waals surface area (Å²) in [6.07, 6.45) is 0. The van der Waals surface area contributed by atoms with Gasteiger partial charge in [0.1, 0.15) is 11.6 Å². The maximum absolute atomic E-state index is 13.2. The standard InChI is InChI=1S/C23H16FN5O/c1-14-6-8-15(9-7-14)22-28-29-23(30-22)21-26-19-5-3-2-4-18(19)20(27-21)25-17-12-10-16(24)11-13-17/h2-13H,1H3,(H,25,26,27). The zero-order valence-electron chi connectivity index (χ0n) is 16.0. The first-order valence-electron chi connectivity index (χ1n) is 9.36. The van der Waals surface area contributed by atoms with Crippen LogP contribution in [0.4, 0.5) is 15.9 Å². The molecule has 0 amide bonds. The molecule has 0 radical (unpaired) electrons. The summed E-state index contributed by atoms with van der Waals surface area (Å²) in [6, 6.07) is 21.5. The highest BCUT2D eigenvalue weighted by atomic mass is 19.1. The van der Waals surface area contributed by atoms with Crippen molar-refractivity contribution in [3.63, 3.8) is 0 Å². The Hall–Kier alpha value is -4.13. The zero-order valence-corrected chi connectivity index (χ0v) is 16.0. The van der Waals surface area contributed by atoms with Crippen LogP contribution in [0.2, 0.25) is 0 Å². The van der Waals surface area contributed by atoms with Gasteiger partial charge in [0.15, 0.2) is 0 Å². The summed E-state index contributed by atoms with van der Waals surface area (Å²) in [5, 5.41) is 12.3. The maximum Gasteiger partial charge on any atom is 0.286 e. The second-order valence-corrected chi connectivity index (χ2v) is 6.82. The molecule has 146 valence electrons. The van der Waals surface area contributed by atoms with Gasteiger partial charge >= 0.3 is 0 Å². The molecular formula is C23H16FN5O. The number of aromatic nitrogens is 4. The molecule has 5 aromatic rings. The van der Waals surface area contributed by atoms with Gasteiger partial charge in [0, 0.05) is 16.6 Å². The van der Waals surface area contributed by atoms with Crippen molar-refractivity contribution in [3.05, 3.63) is 84.2 Å². The molecule has 0 aliphatic carbocycles. The Morgan fingerprint density at radius 2 is 1.53 bits per heavy atom. The van der Waals surface area contributed by atoms with Gasteiger partial charge in [0.05, 0.1) is 5.52 Å². The fourth-order valence-electron chi connectivity index (χ4n) is 3.06. The summed E-state index contributed by atoms with van der Waals surface area (Å²) in [5.41, 5.74) is 3.40. The highest BCUT2D eigenvalue weighted by Gasteiger charge is 2.16. The first-order chi connectivity index (χ1) is 14.7. The number of rotatable bonds is 4. The average Bonchev–Trinajstić information content (AvgIpc) is 3.26. The van der Waals surface area contributed by atoms with Crippen molar-refractivity contribution in [2.24, 2.45) is 0 Å². The van der Waals surface area contributed by atoms with E-state index in [1.807, 2.05) is 55.5 Å². The molecule has 0 bridgehead atoms. The number of benzene rings is 3. The van der Waals surface area contributed by atoms with Crippen molar-refractivity contribution in [1.29, 1.82) is 0 Å². The number of nitrogens with one attached hydrogen (secondary N) is 1. The van der Waals surface area contributed by atoms with E-state index in [2.05, 4.69) is 25.5 Å². The number of nitrogens with zero attached hydrogens (tertiary/aromatic N) is 4. The molecule has 0 saturated heterocycles. The minimum atomic E-state index is -0.303. The Kier molecular flexibility index (Phi) is 4.40. The highest BCUT2D eigenvalue weighted by Crippen LogP contribution is 2.28. The van der Waals surface area contributed by atoms with Crippen LogP contribution < -0.4 is 5.32 Å². The van der Waals surface area contributed by atoms with Crippen LogP contribution >= 0.6 is 0 Å². The number of anilines is 2. The molecule has 2 aromatic heterocycles. The van der Waals surface area contributed by atoms with E-state index in [4.69, 9.17) is 4.42 Å². The maximum atomic E-state index is 13.2. The Morgan fingerprint density at radius 1 is 0.800 bits per heavy atom. The van der Waals surface area contributed by atoms with Gasteiger partial charge in [-0.2, -0.15) is 0 Å². The lowest BCUT2D eigenvalue weighted by molar-refractivity contribution is 0.579. The Bertz CT molecular complexity index is 1330. The van der Waals surface area contributed by atoms with Crippen LogP contribution in [0.1, 0.15) is 5.56 Å². The third kappa shape index (κ3) is 3.48. The molecule has 0 atom stereocenters. The lowest BCUT2D eigenvalue weighted by Gasteiger charge is -2.09. The second kappa shape index (κ2) is 7.36. The normalized spacial score (nSPS) is 11.0. The van der Waals surface area contributed by atoms with E-state index >= 15 is 0 Å². The number of fused-ring (bicyclic) bond motifs is 1. The summed E-state index contributed by atoms with van der Waals surface area (Å²) in [6.45, 7) is 2.02. The minimum Gasteiger partial charge on any atom is -0.413 e. The second-order valence-electron chi connectivity index (χ2n) is 6.82. The zero-order chi connectivity index (χ0) is 20.5. The molecule has 30 heavy (non-hydrogen) atoms. The van der Waals surface area contributed by atoms with Crippen LogP contribution in [-0.2, 0) is 0 Å². The SMILES string of the molecule is Cc1ccc(-c2nnc(-c3nc(Nc4ccc(F)cc4)c4ccccc4n3)o2)cc1. The van der Waals surface area contributed by atoms with Crippen LogP contribution in [0.3, 0.4) is 0 Å². The van der Waals surface area contributed by atoms with Crippen LogP contribution in [0, 0.1) is 12.7 Å². The fourth-order valence-corrected chi connectivity index (χ4v) is 3.06. The van der Waals surface area contributed by atoms with Crippen molar-refractivity contribution in [2.75, 3.05) is 5.32 Å². The molecule has 3 aromatic carbocycles. The van der Waals surface area contributed by atoms with Gasteiger partial charge in [-0.05, 0) is 55.5 Å². The van der Waals surface area contributed by atoms with E-state index in [-0.39, 0.29) is 11.7 Å². The average molecular weight is 397 g/mol. The number of para-hydroxylation sites is 1. The molecular weight excluding hydrogens is 381 g/mol. The van der Waals surface area contributed by atoms with E-state index < -0.39 is 0 Å². The lowest BCUT2D eigenvalue weighted by Crippen LogP contribution is -1.99. The van der Waals surface area contributed by atoms with Gasteiger partial charge in [-0.3, -0.25) is 0 Å². The van der Waals surface area contributed by atoms with Gasteiger partial charge in [-0.1, -0.05) is 29.8 Å². The van der Waals surface area contributed by atoms with Crippen LogP contribution in [0.15, 0.2) is 77.2 Å². The van der Waals surface area contributed by atoms with Crippen molar-refractivity contribution in [3.8, 4) is 23.2 Å². The predicted octanol–water partition coefficient (Wildman–Crippen LogP) is 5.54. The molecule has 0 aliphatic rings. The molecule has 5 rings (SSSR count). The third-order valence-electron chi connectivity index (χ3n) is 4.62. The van der Waals surface area contributed by atoms with Gasteiger partial charge in [0.25, 0.3) is 5.89 Å². The van der Waals surface area contributed by atoms with Crippen molar-refractivity contribution in [1.82, 2.24) is 20.2 Å². The number of hydrogen-bond acceptors (Lipinski definition) is 6. The Balaban J connectivity index is 1.56. The number of hydrogen-bond donors (Lipinski definition) is 1. The van der Waals surface area contributed by atoms with Crippen LogP contribution in [0.25, 0.3) is 34.1 Å². The van der Waals surface area contributed by atoms with Crippen molar-refractivity contribution in [2.45, 2.75) is 6.92 Å². The Morgan fingerprint density at radius 3 is 2.33 bits per heavy atom. The molecule has 0 unspecified atom stereocenters. The smallest absolute Gasteiger partial charge is 0.286 e. The molecule has 6 nitrogen and oxygen atoms in total. The first-order valence-corrected chi connectivity index (χ1v) is 9.36. The van der Waals surface area contributed by atoms with Crippen molar-refractivity contribution < 1.29 is 8.81 Å². The number of halogens is 1. The summed E-state index contributed by atoms with van der Waals surface area (Å²) >= 11 is 0. The van der Waals surface area contributed by atoms with Crippen LogP contribution in [-0.4, -0.2) is 20.2 Å². The first kappa shape index (κ1) is 17.9. The molecule has 2 heterocycles. The minimum absolute atomic E-state index is 0.221. The molecule has 0 saturated carbocycles. The summed E-state index contributed by atoms with van der Waals surface area (Å²) in [7, 11) is 0. The van der Waals surface area contributed by atoms with Crippen LogP contribution in [0.5, 0.6) is 0 Å². The summed E-state index contributed by atoms with van der Waals surface area (Å²) < 4.78 is 19.1. The summed E-state index contributed by atoms with van der Waals surface area (Å²) in [5.74, 6) is 1.19. The van der Waals surface area contributed by atoms with Gasteiger partial charge in [-0.15, -0.1) is 10.2 Å². The molecule has 1 N–H and O–H groups in total. The van der Waals surface area contributed by atoms with E-state index in [0.29, 0.717) is 23.2 Å². The van der Waals surface area contributed by atoms with E-state index in [9.17, 15) is 4.39 Å². The van der Waals surface area contributed by atoms with E-state index in [1.165, 1.54) is 12.1 Å². The quantitative estimate of drug-likeness (QED) is 0.429. The fraction of sp³-hybridized carbons (Fsp3) is 0.0435. The largest absolute Gasteiger partial charge is 0.413 e. The predicted molar refractivity (Wildman–Crippen MR) is 113 cm³/mol. The molecule has 0 fully saturated rings. The van der Waals surface area contributed by atoms with Gasteiger partial charge in [0.2, 0.25) is 11.7 Å². The highest BCUT2D eigenvalue weighted by molar-refractivity contribution is 5.91. The van der Waals surface area contributed by atoms with Gasteiger partial charge in [-0.25, -0.2) is 14.4 Å². The topological polar surface area (TPSA) is 76.7 Å².